The van der Waals surface area contributed by atoms with Gasteiger partial charge in [-0.3, -0.25) is 0 Å². The molecule has 0 aliphatic rings. The van der Waals surface area contributed by atoms with E-state index in [-0.39, 0.29) is 11.4 Å². The summed E-state index contributed by atoms with van der Waals surface area (Å²) in [5, 5.41) is 3.91. The van der Waals surface area contributed by atoms with E-state index >= 15 is 0 Å². The number of nitrogens with zero attached hydrogens (tertiary/aromatic N) is 2. The van der Waals surface area contributed by atoms with Crippen LogP contribution in [0.3, 0.4) is 0 Å². The highest BCUT2D eigenvalue weighted by atomic mass is 32.2. The Morgan fingerprint density at radius 2 is 1.75 bits per heavy atom. The minimum Gasteiger partial charge on any atom is -0.356 e. The number of hydrogen-bond acceptors (Lipinski definition) is 4. The Morgan fingerprint density at radius 3 is 2.42 bits per heavy atom. The topological polar surface area (TPSA) is 63.4 Å². The first-order valence-corrected chi connectivity index (χ1v) is 8.64. The van der Waals surface area contributed by atoms with E-state index in [1.54, 1.807) is 6.07 Å². The molecule has 0 saturated carbocycles. The molecule has 3 rings (SSSR count). The average molecular weight is 346 g/mol. The maximum atomic E-state index is 13.0. The molecule has 3 aromatic rings. The van der Waals surface area contributed by atoms with Crippen LogP contribution in [0.25, 0.3) is 11.3 Å². The molecule has 0 amide bonds. The van der Waals surface area contributed by atoms with Gasteiger partial charge in [0, 0.05) is 18.7 Å². The SMILES string of the molecule is CN(Cc1cc(-c2ccccc2)on1)S(=O)(=O)c1ccc(F)cc1. The van der Waals surface area contributed by atoms with Crippen molar-refractivity contribution in [2.45, 2.75) is 11.4 Å². The summed E-state index contributed by atoms with van der Waals surface area (Å²) < 4.78 is 44.3. The number of benzene rings is 2. The normalized spacial score (nSPS) is 11.8. The van der Waals surface area contributed by atoms with E-state index in [9.17, 15) is 12.8 Å². The summed E-state index contributed by atoms with van der Waals surface area (Å²) in [6, 6.07) is 15.8. The molecule has 0 fully saturated rings. The van der Waals surface area contributed by atoms with Crippen molar-refractivity contribution in [3.05, 3.63) is 72.2 Å². The Hall–Kier alpha value is -2.51. The van der Waals surface area contributed by atoms with Crippen molar-refractivity contribution in [2.75, 3.05) is 7.05 Å². The Bertz CT molecular complexity index is 922. The lowest BCUT2D eigenvalue weighted by atomic mass is 10.2. The summed E-state index contributed by atoms with van der Waals surface area (Å²) in [5.41, 5.74) is 1.35. The third kappa shape index (κ3) is 3.37. The summed E-state index contributed by atoms with van der Waals surface area (Å²) >= 11 is 0. The largest absolute Gasteiger partial charge is 0.356 e. The van der Waals surface area contributed by atoms with E-state index in [1.165, 1.54) is 19.2 Å². The lowest BCUT2D eigenvalue weighted by Gasteiger charge is -2.15. The van der Waals surface area contributed by atoms with Crippen molar-refractivity contribution < 1.29 is 17.3 Å². The summed E-state index contributed by atoms with van der Waals surface area (Å²) in [4.78, 5) is 0.0261. The van der Waals surface area contributed by atoms with Gasteiger partial charge in [0.2, 0.25) is 10.0 Å². The molecule has 0 N–H and O–H groups in total. The maximum Gasteiger partial charge on any atom is 0.243 e. The highest BCUT2D eigenvalue weighted by Crippen LogP contribution is 2.22. The smallest absolute Gasteiger partial charge is 0.243 e. The molecule has 1 aromatic heterocycles. The van der Waals surface area contributed by atoms with E-state index in [2.05, 4.69) is 5.16 Å². The van der Waals surface area contributed by atoms with Crippen molar-refractivity contribution >= 4 is 10.0 Å². The molecule has 0 bridgehead atoms. The van der Waals surface area contributed by atoms with Gasteiger partial charge in [0.05, 0.1) is 17.1 Å². The Labute approximate surface area is 139 Å². The summed E-state index contributed by atoms with van der Waals surface area (Å²) in [6.45, 7) is 0.0516. The highest BCUT2D eigenvalue weighted by molar-refractivity contribution is 7.89. The van der Waals surface area contributed by atoms with E-state index in [0.29, 0.717) is 11.5 Å². The van der Waals surface area contributed by atoms with Crippen LogP contribution in [0.4, 0.5) is 4.39 Å². The number of rotatable bonds is 5. The molecule has 0 aliphatic carbocycles. The number of hydrogen-bond donors (Lipinski definition) is 0. The van der Waals surface area contributed by atoms with Gasteiger partial charge in [-0.25, -0.2) is 12.8 Å². The molecule has 0 atom stereocenters. The zero-order valence-corrected chi connectivity index (χ0v) is 13.7. The summed E-state index contributed by atoms with van der Waals surface area (Å²) in [7, 11) is -2.28. The van der Waals surface area contributed by atoms with Gasteiger partial charge in [-0.15, -0.1) is 0 Å². The zero-order valence-electron chi connectivity index (χ0n) is 12.9. The number of halogens is 1. The predicted molar refractivity (Wildman–Crippen MR) is 87.0 cm³/mol. The van der Waals surface area contributed by atoms with Crippen molar-refractivity contribution in [1.82, 2.24) is 9.46 Å². The van der Waals surface area contributed by atoms with Gasteiger partial charge in [0.1, 0.15) is 5.82 Å². The van der Waals surface area contributed by atoms with Gasteiger partial charge in [-0.1, -0.05) is 35.5 Å². The number of sulfonamides is 1. The first kappa shape index (κ1) is 16.4. The fourth-order valence-electron chi connectivity index (χ4n) is 2.22. The van der Waals surface area contributed by atoms with Crippen molar-refractivity contribution in [3.63, 3.8) is 0 Å². The zero-order chi connectivity index (χ0) is 17.2. The van der Waals surface area contributed by atoms with Crippen LogP contribution in [0.1, 0.15) is 5.69 Å². The molecular weight excluding hydrogens is 331 g/mol. The third-order valence-corrected chi connectivity index (χ3v) is 5.34. The second kappa shape index (κ2) is 6.54. The van der Waals surface area contributed by atoms with Gasteiger partial charge in [0.15, 0.2) is 5.76 Å². The molecule has 7 heteroatoms. The molecule has 0 saturated heterocycles. The fraction of sp³-hybridized carbons (Fsp3) is 0.118. The fourth-order valence-corrected chi connectivity index (χ4v) is 3.37. The summed E-state index contributed by atoms with van der Waals surface area (Å²) in [5.74, 6) is 0.0822. The van der Waals surface area contributed by atoms with Crippen LogP contribution in [-0.4, -0.2) is 24.9 Å². The second-order valence-electron chi connectivity index (χ2n) is 5.26. The minimum absolute atomic E-state index is 0.0261. The van der Waals surface area contributed by atoms with Gasteiger partial charge in [-0.05, 0) is 24.3 Å². The van der Waals surface area contributed by atoms with Crippen LogP contribution in [-0.2, 0) is 16.6 Å². The first-order valence-electron chi connectivity index (χ1n) is 7.20. The average Bonchev–Trinajstić information content (AvgIpc) is 3.04. The maximum absolute atomic E-state index is 13.0. The first-order chi connectivity index (χ1) is 11.5. The van der Waals surface area contributed by atoms with Gasteiger partial charge in [-0.2, -0.15) is 4.31 Å². The molecule has 0 spiro atoms. The van der Waals surface area contributed by atoms with Gasteiger partial charge >= 0.3 is 0 Å². The van der Waals surface area contributed by atoms with Crippen LogP contribution in [0.2, 0.25) is 0 Å². The van der Waals surface area contributed by atoms with E-state index in [4.69, 9.17) is 4.52 Å². The minimum atomic E-state index is -3.72. The van der Waals surface area contributed by atoms with Gasteiger partial charge < -0.3 is 4.52 Å². The molecule has 0 radical (unpaired) electrons. The monoisotopic (exact) mass is 346 g/mol. The van der Waals surface area contributed by atoms with Crippen molar-refractivity contribution in [3.8, 4) is 11.3 Å². The van der Waals surface area contributed by atoms with E-state index in [1.807, 2.05) is 30.3 Å². The molecule has 0 unspecified atom stereocenters. The lowest BCUT2D eigenvalue weighted by Crippen LogP contribution is -2.26. The molecule has 1 heterocycles. The second-order valence-corrected chi connectivity index (χ2v) is 7.31. The van der Waals surface area contributed by atoms with Crippen LogP contribution in [0.15, 0.2) is 70.1 Å². The predicted octanol–water partition coefficient (Wildman–Crippen LogP) is 3.30. The van der Waals surface area contributed by atoms with E-state index < -0.39 is 15.8 Å². The Kier molecular flexibility index (Phi) is 4.46. The Morgan fingerprint density at radius 1 is 1.08 bits per heavy atom. The van der Waals surface area contributed by atoms with E-state index in [0.717, 1.165) is 22.0 Å². The summed E-state index contributed by atoms with van der Waals surface area (Å²) in [6.07, 6.45) is 0. The van der Waals surface area contributed by atoms with Gasteiger partial charge in [0.25, 0.3) is 0 Å². The molecule has 24 heavy (non-hydrogen) atoms. The highest BCUT2D eigenvalue weighted by Gasteiger charge is 2.22. The Balaban J connectivity index is 1.78. The third-order valence-electron chi connectivity index (χ3n) is 3.52. The molecular formula is C17H15FN2O3S. The molecule has 124 valence electrons. The quantitative estimate of drug-likeness (QED) is 0.711. The molecule has 0 aliphatic heterocycles. The lowest BCUT2D eigenvalue weighted by molar-refractivity contribution is 0.402. The van der Waals surface area contributed by atoms with Crippen LogP contribution in [0.5, 0.6) is 0 Å². The van der Waals surface area contributed by atoms with Crippen LogP contribution >= 0.6 is 0 Å². The van der Waals surface area contributed by atoms with Crippen LogP contribution < -0.4 is 0 Å². The molecule has 5 nitrogen and oxygen atoms in total. The van der Waals surface area contributed by atoms with Crippen molar-refractivity contribution in [2.24, 2.45) is 0 Å². The number of aromatic nitrogens is 1. The van der Waals surface area contributed by atoms with Crippen molar-refractivity contribution in [1.29, 1.82) is 0 Å². The molecule has 2 aromatic carbocycles. The standard InChI is InChI=1S/C17H15FN2O3S/c1-20(24(21,22)16-9-7-14(18)8-10-16)12-15-11-17(23-19-15)13-5-3-2-4-6-13/h2-11H,12H2,1H3. The van der Waals surface area contributed by atoms with Crippen LogP contribution in [0, 0.1) is 5.82 Å².